The van der Waals surface area contributed by atoms with E-state index in [1.54, 1.807) is 23.1 Å². The summed E-state index contributed by atoms with van der Waals surface area (Å²) in [7, 11) is 0. The smallest absolute Gasteiger partial charge is 0.410 e. The monoisotopic (exact) mass is 430 g/mol. The van der Waals surface area contributed by atoms with Crippen molar-refractivity contribution in [1.82, 2.24) is 4.90 Å². The Balaban J connectivity index is 1.55. The van der Waals surface area contributed by atoms with E-state index in [0.717, 1.165) is 5.56 Å². The van der Waals surface area contributed by atoms with Crippen LogP contribution in [0.2, 0.25) is 5.02 Å². The molecule has 2 aliphatic rings. The molecule has 2 aromatic rings. The van der Waals surface area contributed by atoms with E-state index in [1.807, 2.05) is 30.3 Å². The van der Waals surface area contributed by atoms with Gasteiger partial charge in [-0.3, -0.25) is 10.5 Å². The summed E-state index contributed by atoms with van der Waals surface area (Å²) in [6.07, 6.45) is -0.212. The van der Waals surface area contributed by atoms with E-state index in [9.17, 15) is 14.7 Å². The molecule has 8 heteroatoms. The zero-order chi connectivity index (χ0) is 21.3. The van der Waals surface area contributed by atoms with Crippen molar-refractivity contribution < 1.29 is 24.2 Å². The Hall–Kier alpha value is -2.77. The summed E-state index contributed by atoms with van der Waals surface area (Å²) in [5, 5.41) is 9.99. The molecule has 3 unspecified atom stereocenters. The van der Waals surface area contributed by atoms with Crippen LogP contribution in [0.15, 0.2) is 48.5 Å². The number of ether oxygens (including phenoxy) is 2. The molecule has 1 fully saturated rings. The number of amides is 1. The van der Waals surface area contributed by atoms with Gasteiger partial charge in [0.1, 0.15) is 12.4 Å². The second kappa shape index (κ2) is 8.16. The lowest BCUT2D eigenvalue weighted by atomic mass is 9.72. The van der Waals surface area contributed by atoms with Crippen LogP contribution in [0.25, 0.3) is 0 Å². The Labute approximate surface area is 179 Å². The molecule has 2 aromatic carbocycles. The summed E-state index contributed by atoms with van der Waals surface area (Å²) in [6, 6.07) is 14.6. The van der Waals surface area contributed by atoms with Gasteiger partial charge in [0.2, 0.25) is 0 Å². The van der Waals surface area contributed by atoms with Crippen LogP contribution >= 0.6 is 11.6 Å². The molecule has 2 heterocycles. The quantitative estimate of drug-likeness (QED) is 0.768. The summed E-state index contributed by atoms with van der Waals surface area (Å²) in [4.78, 5) is 25.8. The molecule has 0 aromatic heterocycles. The van der Waals surface area contributed by atoms with E-state index in [1.165, 1.54) is 0 Å². The Kier molecular flexibility index (Phi) is 5.58. The van der Waals surface area contributed by atoms with Crippen molar-refractivity contribution in [3.8, 4) is 5.75 Å². The second-order valence-electron chi connectivity index (χ2n) is 7.79. The van der Waals surface area contributed by atoms with Gasteiger partial charge >= 0.3 is 12.1 Å². The van der Waals surface area contributed by atoms with Gasteiger partial charge in [-0.05, 0) is 29.3 Å². The zero-order valence-corrected chi connectivity index (χ0v) is 17.0. The fourth-order valence-electron chi connectivity index (χ4n) is 4.31. The number of carbonyl (C=O) groups excluding carboxylic acids is 1. The predicted octanol–water partition coefficient (Wildman–Crippen LogP) is 3.60. The standard InChI is InChI=1S/C22H23ClN2O5/c23-15-6-7-19-17(10-15)16(11-20(26)27)18-12-25(9-8-22(18,24)30-19)21(28)29-13-14-4-2-1-3-5-14/h1-7,10,16,18H,8-9,11-13,24H2,(H,26,27). The lowest BCUT2D eigenvalue weighted by Gasteiger charge is -2.51. The van der Waals surface area contributed by atoms with Crippen LogP contribution < -0.4 is 10.5 Å². The van der Waals surface area contributed by atoms with Gasteiger partial charge in [-0.2, -0.15) is 0 Å². The van der Waals surface area contributed by atoms with E-state index >= 15 is 0 Å². The maximum atomic E-state index is 12.7. The molecule has 30 heavy (non-hydrogen) atoms. The van der Waals surface area contributed by atoms with Gasteiger partial charge in [-0.25, -0.2) is 4.79 Å². The van der Waals surface area contributed by atoms with Crippen LogP contribution in [0.5, 0.6) is 5.75 Å². The number of carbonyl (C=O) groups is 2. The van der Waals surface area contributed by atoms with Crippen molar-refractivity contribution >= 4 is 23.7 Å². The van der Waals surface area contributed by atoms with Crippen LogP contribution in [0, 0.1) is 5.92 Å². The maximum Gasteiger partial charge on any atom is 0.410 e. The molecule has 0 radical (unpaired) electrons. The first kappa shape index (κ1) is 20.5. The number of rotatable bonds is 4. The lowest BCUT2D eigenvalue weighted by Crippen LogP contribution is -2.64. The number of piperidine rings is 1. The van der Waals surface area contributed by atoms with Gasteiger partial charge in [-0.1, -0.05) is 41.9 Å². The normalized spacial score (nSPS) is 24.9. The van der Waals surface area contributed by atoms with E-state index in [-0.39, 0.29) is 19.6 Å². The average molecular weight is 431 g/mol. The Morgan fingerprint density at radius 3 is 2.77 bits per heavy atom. The molecule has 7 nitrogen and oxygen atoms in total. The second-order valence-corrected chi connectivity index (χ2v) is 8.22. The molecule has 4 rings (SSSR count). The summed E-state index contributed by atoms with van der Waals surface area (Å²) in [5.41, 5.74) is 7.12. The number of aliphatic carboxylic acids is 1. The van der Waals surface area contributed by atoms with Crippen molar-refractivity contribution in [2.24, 2.45) is 11.7 Å². The Morgan fingerprint density at radius 1 is 1.27 bits per heavy atom. The minimum absolute atomic E-state index is 0.132. The van der Waals surface area contributed by atoms with Crippen molar-refractivity contribution in [1.29, 1.82) is 0 Å². The van der Waals surface area contributed by atoms with E-state index in [2.05, 4.69) is 0 Å². The van der Waals surface area contributed by atoms with Crippen LogP contribution in [-0.2, 0) is 16.1 Å². The van der Waals surface area contributed by atoms with Crippen molar-refractivity contribution in [2.75, 3.05) is 13.1 Å². The van der Waals surface area contributed by atoms with E-state index < -0.39 is 29.6 Å². The summed E-state index contributed by atoms with van der Waals surface area (Å²) < 4.78 is 11.5. The number of halogens is 1. The summed E-state index contributed by atoms with van der Waals surface area (Å²) >= 11 is 6.15. The first-order valence-electron chi connectivity index (χ1n) is 9.80. The van der Waals surface area contributed by atoms with Crippen molar-refractivity contribution in [2.45, 2.75) is 31.1 Å². The highest BCUT2D eigenvalue weighted by molar-refractivity contribution is 6.30. The highest BCUT2D eigenvalue weighted by Crippen LogP contribution is 2.48. The van der Waals surface area contributed by atoms with Gasteiger partial charge in [0.25, 0.3) is 0 Å². The fourth-order valence-corrected chi connectivity index (χ4v) is 4.49. The topological polar surface area (TPSA) is 102 Å². The number of nitrogens with two attached hydrogens (primary N) is 1. The van der Waals surface area contributed by atoms with Crippen molar-refractivity contribution in [3.05, 3.63) is 64.7 Å². The molecule has 158 valence electrons. The molecule has 0 aliphatic carbocycles. The minimum atomic E-state index is -1.06. The third kappa shape index (κ3) is 4.08. The summed E-state index contributed by atoms with van der Waals surface area (Å²) in [5.74, 6) is -1.24. The van der Waals surface area contributed by atoms with Crippen LogP contribution in [0.4, 0.5) is 4.79 Å². The molecule has 2 aliphatic heterocycles. The van der Waals surface area contributed by atoms with Gasteiger partial charge in [-0.15, -0.1) is 0 Å². The van der Waals surface area contributed by atoms with Gasteiger partial charge < -0.3 is 19.5 Å². The van der Waals surface area contributed by atoms with Gasteiger partial charge in [0.05, 0.1) is 6.42 Å². The number of likely N-dealkylation sites (tertiary alicyclic amines) is 1. The molecular weight excluding hydrogens is 408 g/mol. The van der Waals surface area contributed by atoms with E-state index in [0.29, 0.717) is 29.3 Å². The predicted molar refractivity (Wildman–Crippen MR) is 110 cm³/mol. The number of carboxylic acids is 1. The number of hydrogen-bond acceptors (Lipinski definition) is 5. The first-order valence-corrected chi connectivity index (χ1v) is 10.2. The molecule has 0 saturated carbocycles. The average Bonchev–Trinajstić information content (AvgIpc) is 2.72. The molecule has 1 saturated heterocycles. The highest BCUT2D eigenvalue weighted by Gasteiger charge is 2.51. The summed E-state index contributed by atoms with van der Waals surface area (Å²) in [6.45, 7) is 0.777. The molecule has 3 atom stereocenters. The number of benzene rings is 2. The van der Waals surface area contributed by atoms with Gasteiger partial charge in [0.15, 0.2) is 5.72 Å². The molecule has 1 amide bonds. The Bertz CT molecular complexity index is 954. The largest absolute Gasteiger partial charge is 0.481 e. The third-order valence-electron chi connectivity index (χ3n) is 5.83. The van der Waals surface area contributed by atoms with Crippen LogP contribution in [-0.4, -0.2) is 40.9 Å². The number of carboxylic acid groups (broad SMARTS) is 1. The third-order valence-corrected chi connectivity index (χ3v) is 6.07. The molecule has 0 bridgehead atoms. The van der Waals surface area contributed by atoms with Gasteiger partial charge in [0, 0.05) is 36.4 Å². The minimum Gasteiger partial charge on any atom is -0.481 e. The maximum absolute atomic E-state index is 12.7. The lowest BCUT2D eigenvalue weighted by molar-refractivity contribution is -0.139. The van der Waals surface area contributed by atoms with Crippen molar-refractivity contribution in [3.63, 3.8) is 0 Å². The molecule has 0 spiro atoms. The Morgan fingerprint density at radius 2 is 2.03 bits per heavy atom. The molecular formula is C22H23ClN2O5. The van der Waals surface area contributed by atoms with Crippen LogP contribution in [0.1, 0.15) is 29.9 Å². The SMILES string of the molecule is NC12CCN(C(=O)OCc3ccccc3)CC1C(CC(=O)O)c1cc(Cl)ccc1O2. The molecule has 3 N–H and O–H groups in total. The number of fused-ring (bicyclic) bond motifs is 2. The fraction of sp³-hybridized carbons (Fsp3) is 0.364. The zero-order valence-electron chi connectivity index (χ0n) is 16.3. The number of hydrogen-bond donors (Lipinski definition) is 2. The van der Waals surface area contributed by atoms with E-state index in [4.69, 9.17) is 26.8 Å². The highest BCUT2D eigenvalue weighted by atomic mass is 35.5. The number of nitrogens with zero attached hydrogens (tertiary/aromatic N) is 1. The first-order chi connectivity index (χ1) is 14.4. The van der Waals surface area contributed by atoms with Crippen LogP contribution in [0.3, 0.4) is 0 Å².